The van der Waals surface area contributed by atoms with Crippen molar-refractivity contribution in [2.75, 3.05) is 44.8 Å². The summed E-state index contributed by atoms with van der Waals surface area (Å²) < 4.78 is 18.9. The van der Waals surface area contributed by atoms with Crippen molar-refractivity contribution >= 4 is 17.3 Å². The number of rotatable bonds is 5. The predicted molar refractivity (Wildman–Crippen MR) is 73.7 cm³/mol. The number of hydrogen-bond acceptors (Lipinski definition) is 5. The second kappa shape index (κ2) is 6.49. The van der Waals surface area contributed by atoms with Gasteiger partial charge in [0.1, 0.15) is 0 Å². The van der Waals surface area contributed by atoms with Crippen LogP contribution in [0.1, 0.15) is 0 Å². The van der Waals surface area contributed by atoms with Crippen molar-refractivity contribution in [1.82, 2.24) is 4.90 Å². The third-order valence-electron chi connectivity index (χ3n) is 3.37. The van der Waals surface area contributed by atoms with Gasteiger partial charge in [0.2, 0.25) is 5.91 Å². The van der Waals surface area contributed by atoms with Crippen LogP contribution in [0.15, 0.2) is 18.2 Å². The Morgan fingerprint density at radius 1 is 1.43 bits per heavy atom. The second-order valence-electron chi connectivity index (χ2n) is 4.69. The Kier molecular flexibility index (Phi) is 4.69. The van der Waals surface area contributed by atoms with Crippen LogP contribution in [0.2, 0.25) is 0 Å². The molecule has 21 heavy (non-hydrogen) atoms. The van der Waals surface area contributed by atoms with Gasteiger partial charge in [0.25, 0.3) is 5.69 Å². The highest BCUT2D eigenvalue weighted by molar-refractivity contribution is 5.83. The lowest BCUT2D eigenvalue weighted by Gasteiger charge is -2.35. The summed E-state index contributed by atoms with van der Waals surface area (Å²) in [6.07, 6.45) is 0. The van der Waals surface area contributed by atoms with E-state index >= 15 is 0 Å². The first-order chi connectivity index (χ1) is 10.0. The zero-order valence-electron chi connectivity index (χ0n) is 11.6. The molecule has 0 atom stereocenters. The van der Waals surface area contributed by atoms with Crippen molar-refractivity contribution in [1.29, 1.82) is 0 Å². The minimum Gasteiger partial charge on any atom is -0.383 e. The van der Waals surface area contributed by atoms with E-state index in [1.165, 1.54) is 12.1 Å². The zero-order chi connectivity index (χ0) is 15.4. The van der Waals surface area contributed by atoms with Crippen molar-refractivity contribution in [3.05, 3.63) is 34.1 Å². The molecule has 7 nitrogen and oxygen atoms in total. The van der Waals surface area contributed by atoms with Gasteiger partial charge in [-0.05, 0) is 6.07 Å². The summed E-state index contributed by atoms with van der Waals surface area (Å²) in [5.41, 5.74) is -0.0957. The smallest absolute Gasteiger partial charge is 0.272 e. The first-order valence-corrected chi connectivity index (χ1v) is 6.48. The number of ether oxygens (including phenoxy) is 1. The maximum atomic E-state index is 13.9. The summed E-state index contributed by atoms with van der Waals surface area (Å²) in [5, 5.41) is 10.6. The van der Waals surface area contributed by atoms with E-state index in [1.807, 2.05) is 0 Å². The maximum Gasteiger partial charge on any atom is 0.272 e. The fraction of sp³-hybridized carbons (Fsp3) is 0.462. The number of anilines is 1. The summed E-state index contributed by atoms with van der Waals surface area (Å²) in [6.45, 7) is 1.96. The number of hydrogen-bond donors (Lipinski definition) is 0. The molecule has 1 heterocycles. The van der Waals surface area contributed by atoms with Crippen molar-refractivity contribution in [3.8, 4) is 0 Å². The molecule has 0 N–H and O–H groups in total. The van der Waals surface area contributed by atoms with Crippen LogP contribution in [0.4, 0.5) is 15.8 Å². The first kappa shape index (κ1) is 15.2. The van der Waals surface area contributed by atoms with Crippen LogP contribution in [-0.4, -0.2) is 55.6 Å². The van der Waals surface area contributed by atoms with Gasteiger partial charge in [0, 0.05) is 32.8 Å². The van der Waals surface area contributed by atoms with Gasteiger partial charge in [-0.25, -0.2) is 4.39 Å². The Bertz CT molecular complexity index is 552. The van der Waals surface area contributed by atoms with Gasteiger partial charge in [0.15, 0.2) is 5.82 Å². The third kappa shape index (κ3) is 3.46. The lowest BCUT2D eigenvalue weighted by atomic mass is 10.2. The van der Waals surface area contributed by atoms with E-state index in [9.17, 15) is 19.3 Å². The average molecular weight is 297 g/mol. The molecule has 2 rings (SSSR count). The Balaban J connectivity index is 2.07. The molecule has 0 aliphatic carbocycles. The van der Waals surface area contributed by atoms with Crippen molar-refractivity contribution in [2.45, 2.75) is 0 Å². The highest BCUT2D eigenvalue weighted by atomic mass is 19.1. The number of carbonyl (C=O) groups is 1. The van der Waals surface area contributed by atoms with Gasteiger partial charge >= 0.3 is 0 Å². The molecule has 1 aliphatic heterocycles. The lowest BCUT2D eigenvalue weighted by Crippen LogP contribution is -2.51. The molecule has 1 saturated heterocycles. The minimum atomic E-state index is -0.692. The van der Waals surface area contributed by atoms with Gasteiger partial charge in [-0.1, -0.05) is 0 Å². The number of amides is 1. The SMILES string of the molecule is COCCN1CCN(c2ccc([N+](=O)[O-])cc2F)CC1=O. The van der Waals surface area contributed by atoms with E-state index in [0.29, 0.717) is 26.2 Å². The molecule has 8 heteroatoms. The van der Waals surface area contributed by atoms with Crippen LogP contribution >= 0.6 is 0 Å². The topological polar surface area (TPSA) is 75.9 Å². The van der Waals surface area contributed by atoms with Crippen LogP contribution < -0.4 is 4.90 Å². The Hall–Kier alpha value is -2.22. The summed E-state index contributed by atoms with van der Waals surface area (Å²) in [6, 6.07) is 3.45. The number of nitrogens with zero attached hydrogens (tertiary/aromatic N) is 3. The van der Waals surface area contributed by atoms with E-state index in [-0.39, 0.29) is 23.8 Å². The highest BCUT2D eigenvalue weighted by Gasteiger charge is 2.26. The highest BCUT2D eigenvalue weighted by Crippen LogP contribution is 2.25. The molecule has 1 aromatic rings. The fourth-order valence-corrected chi connectivity index (χ4v) is 2.22. The number of methoxy groups -OCH3 is 1. The average Bonchev–Trinajstić information content (AvgIpc) is 2.45. The van der Waals surface area contributed by atoms with Gasteiger partial charge in [-0.15, -0.1) is 0 Å². The molecule has 0 unspecified atom stereocenters. The molecule has 0 bridgehead atoms. The number of nitro benzene ring substituents is 1. The zero-order valence-corrected chi connectivity index (χ0v) is 11.6. The van der Waals surface area contributed by atoms with Crippen molar-refractivity contribution in [3.63, 3.8) is 0 Å². The van der Waals surface area contributed by atoms with Crippen molar-refractivity contribution < 1.29 is 18.8 Å². The molecule has 0 saturated carbocycles. The van der Waals surface area contributed by atoms with Crippen LogP contribution in [0, 0.1) is 15.9 Å². The van der Waals surface area contributed by atoms with Gasteiger partial charge in [0.05, 0.1) is 29.8 Å². The predicted octanol–water partition coefficient (Wildman–Crippen LogP) is 1.03. The minimum absolute atomic E-state index is 0.0540. The molecular weight excluding hydrogens is 281 g/mol. The third-order valence-corrected chi connectivity index (χ3v) is 3.37. The number of piperazine rings is 1. The van der Waals surface area contributed by atoms with E-state index in [0.717, 1.165) is 6.07 Å². The van der Waals surface area contributed by atoms with Crippen LogP contribution in [0.25, 0.3) is 0 Å². The number of halogens is 1. The number of non-ortho nitro benzene ring substituents is 1. The maximum absolute atomic E-state index is 13.9. The fourth-order valence-electron chi connectivity index (χ4n) is 2.22. The number of nitro groups is 1. The summed E-state index contributed by atoms with van der Waals surface area (Å²) in [4.78, 5) is 25.1. The van der Waals surface area contributed by atoms with E-state index in [4.69, 9.17) is 4.74 Å². The molecule has 0 aromatic heterocycles. The van der Waals surface area contributed by atoms with E-state index in [2.05, 4.69) is 0 Å². The van der Waals surface area contributed by atoms with Gasteiger partial charge in [-0.3, -0.25) is 14.9 Å². The monoisotopic (exact) mass is 297 g/mol. The standard InChI is InChI=1S/C13H16FN3O4/c1-21-7-6-15-4-5-16(9-13(15)18)12-3-2-10(17(19)20)8-11(12)14/h2-3,8H,4-7,9H2,1H3. The van der Waals surface area contributed by atoms with Crippen LogP contribution in [-0.2, 0) is 9.53 Å². The van der Waals surface area contributed by atoms with Gasteiger partial charge < -0.3 is 14.5 Å². The first-order valence-electron chi connectivity index (χ1n) is 6.48. The van der Waals surface area contributed by atoms with E-state index in [1.54, 1.807) is 16.9 Å². The normalized spacial score (nSPS) is 15.4. The number of benzene rings is 1. The van der Waals surface area contributed by atoms with Crippen molar-refractivity contribution in [2.24, 2.45) is 0 Å². The largest absolute Gasteiger partial charge is 0.383 e. The Morgan fingerprint density at radius 2 is 2.19 bits per heavy atom. The molecule has 1 fully saturated rings. The number of carbonyl (C=O) groups excluding carboxylic acids is 1. The van der Waals surface area contributed by atoms with E-state index < -0.39 is 10.7 Å². The quantitative estimate of drug-likeness (QED) is 0.599. The Morgan fingerprint density at radius 3 is 2.76 bits per heavy atom. The van der Waals surface area contributed by atoms with Crippen LogP contribution in [0.5, 0.6) is 0 Å². The Labute approximate surface area is 121 Å². The summed E-state index contributed by atoms with van der Waals surface area (Å²) >= 11 is 0. The molecule has 1 aromatic carbocycles. The second-order valence-corrected chi connectivity index (χ2v) is 4.69. The molecule has 1 aliphatic rings. The molecular formula is C13H16FN3O4. The molecule has 0 radical (unpaired) electrons. The lowest BCUT2D eigenvalue weighted by molar-refractivity contribution is -0.385. The molecule has 1 amide bonds. The summed E-state index contributed by atoms with van der Waals surface area (Å²) in [5.74, 6) is -0.807. The van der Waals surface area contributed by atoms with Gasteiger partial charge in [-0.2, -0.15) is 0 Å². The van der Waals surface area contributed by atoms with Crippen LogP contribution in [0.3, 0.4) is 0 Å². The molecule has 0 spiro atoms. The molecule has 114 valence electrons. The summed E-state index contributed by atoms with van der Waals surface area (Å²) in [7, 11) is 1.56.